The number of hydrogen-bond donors (Lipinski definition) is 1. The summed E-state index contributed by atoms with van der Waals surface area (Å²) in [5, 5.41) is 2.61. The van der Waals surface area contributed by atoms with Crippen LogP contribution in [0, 0.1) is 0 Å². The van der Waals surface area contributed by atoms with Crippen molar-refractivity contribution in [3.8, 4) is 11.5 Å². The van der Waals surface area contributed by atoms with Gasteiger partial charge in [0.15, 0.2) is 11.5 Å². The van der Waals surface area contributed by atoms with E-state index in [0.29, 0.717) is 23.8 Å². The number of methoxy groups -OCH3 is 2. The number of imidazole rings is 1. The van der Waals surface area contributed by atoms with Crippen LogP contribution in [0.3, 0.4) is 0 Å². The van der Waals surface area contributed by atoms with Gasteiger partial charge in [-0.05, 0) is 0 Å². The molecule has 0 aliphatic carbocycles. The monoisotopic (exact) mass is 311 g/mol. The second-order valence-corrected chi connectivity index (χ2v) is 4.80. The Labute approximate surface area is 128 Å². The summed E-state index contributed by atoms with van der Waals surface area (Å²) < 4.78 is 12.4. The standard InChI is InChI=1S/C14H18ClN3O3/c1-16-14(19)8-18-10-7-12(21-3)11(20-2)6-9(10)17-13(18)4-5-15/h6-7H,4-5,8H2,1-3H3,(H,16,19). The second kappa shape index (κ2) is 6.67. The third kappa shape index (κ3) is 3.05. The minimum atomic E-state index is -0.0973. The second-order valence-electron chi connectivity index (χ2n) is 4.42. The molecule has 0 atom stereocenters. The van der Waals surface area contributed by atoms with Crippen LogP contribution < -0.4 is 14.8 Å². The number of alkyl halides is 1. The molecule has 1 amide bonds. The summed E-state index contributed by atoms with van der Waals surface area (Å²) in [5.74, 6) is 2.30. The predicted molar refractivity (Wildman–Crippen MR) is 81.3 cm³/mol. The number of hydrogen-bond acceptors (Lipinski definition) is 4. The number of aryl methyl sites for hydroxylation is 1. The first-order valence-electron chi connectivity index (χ1n) is 6.52. The average Bonchev–Trinajstić information content (AvgIpc) is 2.82. The number of fused-ring (bicyclic) bond motifs is 1. The van der Waals surface area contributed by atoms with Crippen LogP contribution in [0.25, 0.3) is 11.0 Å². The fraction of sp³-hybridized carbons (Fsp3) is 0.429. The third-order valence-electron chi connectivity index (χ3n) is 3.23. The van der Waals surface area contributed by atoms with Gasteiger partial charge in [0.2, 0.25) is 5.91 Å². The van der Waals surface area contributed by atoms with E-state index in [4.69, 9.17) is 21.1 Å². The van der Waals surface area contributed by atoms with Gasteiger partial charge in [-0.25, -0.2) is 4.98 Å². The van der Waals surface area contributed by atoms with Gasteiger partial charge in [0, 0.05) is 31.5 Å². The number of likely N-dealkylation sites (N-methyl/N-ethyl adjacent to an activating group) is 1. The van der Waals surface area contributed by atoms with Gasteiger partial charge in [-0.3, -0.25) is 4.79 Å². The van der Waals surface area contributed by atoms with E-state index in [2.05, 4.69) is 10.3 Å². The molecule has 0 spiro atoms. The highest BCUT2D eigenvalue weighted by atomic mass is 35.5. The first-order valence-corrected chi connectivity index (χ1v) is 7.05. The Kier molecular flexibility index (Phi) is 4.90. The summed E-state index contributed by atoms with van der Waals surface area (Å²) in [7, 11) is 4.75. The summed E-state index contributed by atoms with van der Waals surface area (Å²) in [6.07, 6.45) is 0.581. The molecule has 0 saturated heterocycles. The van der Waals surface area contributed by atoms with Gasteiger partial charge in [0.1, 0.15) is 12.4 Å². The van der Waals surface area contributed by atoms with Crippen molar-refractivity contribution in [1.29, 1.82) is 0 Å². The summed E-state index contributed by atoms with van der Waals surface area (Å²) >= 11 is 5.82. The van der Waals surface area contributed by atoms with Crippen molar-refractivity contribution in [3.05, 3.63) is 18.0 Å². The van der Waals surface area contributed by atoms with Gasteiger partial charge in [-0.2, -0.15) is 0 Å². The molecular weight excluding hydrogens is 294 g/mol. The zero-order valence-electron chi connectivity index (χ0n) is 12.3. The number of carbonyl (C=O) groups excluding carboxylic acids is 1. The van der Waals surface area contributed by atoms with Crippen molar-refractivity contribution in [3.63, 3.8) is 0 Å². The molecule has 0 aliphatic rings. The molecule has 0 radical (unpaired) electrons. The van der Waals surface area contributed by atoms with Crippen molar-refractivity contribution >= 4 is 28.5 Å². The Balaban J connectivity index is 2.60. The molecule has 1 heterocycles. The van der Waals surface area contributed by atoms with Gasteiger partial charge in [0.25, 0.3) is 0 Å². The van der Waals surface area contributed by atoms with E-state index in [1.807, 2.05) is 10.6 Å². The largest absolute Gasteiger partial charge is 0.493 e. The molecule has 114 valence electrons. The van der Waals surface area contributed by atoms with E-state index in [-0.39, 0.29) is 12.5 Å². The highest BCUT2D eigenvalue weighted by molar-refractivity contribution is 6.17. The SMILES string of the molecule is CNC(=O)Cn1c(CCCl)nc2cc(OC)c(OC)cc21. The normalized spacial score (nSPS) is 10.7. The van der Waals surface area contributed by atoms with Gasteiger partial charge in [-0.15, -0.1) is 11.6 Å². The molecule has 0 saturated carbocycles. The molecule has 2 rings (SSSR count). The predicted octanol–water partition coefficient (Wildman–Crippen LogP) is 1.58. The molecule has 0 fully saturated rings. The topological polar surface area (TPSA) is 65.4 Å². The van der Waals surface area contributed by atoms with Crippen molar-refractivity contribution in [2.75, 3.05) is 27.1 Å². The molecule has 1 N–H and O–H groups in total. The molecule has 0 aliphatic heterocycles. The minimum absolute atomic E-state index is 0.0973. The highest BCUT2D eigenvalue weighted by Crippen LogP contribution is 2.32. The lowest BCUT2D eigenvalue weighted by Gasteiger charge is -2.10. The van der Waals surface area contributed by atoms with Crippen LogP contribution >= 0.6 is 11.6 Å². The minimum Gasteiger partial charge on any atom is -0.493 e. The van der Waals surface area contributed by atoms with E-state index in [1.54, 1.807) is 27.3 Å². The first kappa shape index (κ1) is 15.4. The number of halogens is 1. The van der Waals surface area contributed by atoms with E-state index in [0.717, 1.165) is 16.9 Å². The Morgan fingerprint density at radius 3 is 2.57 bits per heavy atom. The maximum atomic E-state index is 11.7. The maximum Gasteiger partial charge on any atom is 0.239 e. The molecule has 1 aromatic heterocycles. The number of nitrogens with one attached hydrogen (secondary N) is 1. The molecule has 7 heteroatoms. The Bertz CT molecular complexity index is 654. The number of aromatic nitrogens is 2. The van der Waals surface area contributed by atoms with Gasteiger partial charge >= 0.3 is 0 Å². The lowest BCUT2D eigenvalue weighted by atomic mass is 10.2. The fourth-order valence-electron chi connectivity index (χ4n) is 2.18. The zero-order chi connectivity index (χ0) is 15.4. The van der Waals surface area contributed by atoms with Crippen LogP contribution in [0.15, 0.2) is 12.1 Å². The van der Waals surface area contributed by atoms with Crippen molar-refractivity contribution in [2.45, 2.75) is 13.0 Å². The van der Waals surface area contributed by atoms with E-state index >= 15 is 0 Å². The smallest absolute Gasteiger partial charge is 0.239 e. The lowest BCUT2D eigenvalue weighted by Crippen LogP contribution is -2.24. The summed E-state index contributed by atoms with van der Waals surface area (Å²) in [6, 6.07) is 3.62. The van der Waals surface area contributed by atoms with E-state index < -0.39 is 0 Å². The highest BCUT2D eigenvalue weighted by Gasteiger charge is 2.16. The van der Waals surface area contributed by atoms with Crippen molar-refractivity contribution in [1.82, 2.24) is 14.9 Å². The average molecular weight is 312 g/mol. The zero-order valence-corrected chi connectivity index (χ0v) is 13.0. The summed E-state index contributed by atoms with van der Waals surface area (Å²) in [6.45, 7) is 0.189. The third-order valence-corrected chi connectivity index (χ3v) is 3.42. The van der Waals surface area contributed by atoms with Gasteiger partial charge < -0.3 is 19.4 Å². The molecule has 2 aromatic rings. The quantitative estimate of drug-likeness (QED) is 0.823. The molecule has 6 nitrogen and oxygen atoms in total. The maximum absolute atomic E-state index is 11.7. The Hall–Kier alpha value is -1.95. The van der Waals surface area contributed by atoms with Crippen LogP contribution in [-0.4, -0.2) is 42.6 Å². The van der Waals surface area contributed by atoms with Crippen LogP contribution in [-0.2, 0) is 17.8 Å². The van der Waals surface area contributed by atoms with Crippen LogP contribution in [0.2, 0.25) is 0 Å². The van der Waals surface area contributed by atoms with E-state index in [1.165, 1.54) is 0 Å². The van der Waals surface area contributed by atoms with Crippen molar-refractivity contribution < 1.29 is 14.3 Å². The summed E-state index contributed by atoms with van der Waals surface area (Å²) in [4.78, 5) is 16.2. The van der Waals surface area contributed by atoms with Gasteiger partial charge in [-0.1, -0.05) is 0 Å². The van der Waals surface area contributed by atoms with Crippen molar-refractivity contribution in [2.24, 2.45) is 0 Å². The molecule has 1 aromatic carbocycles. The number of rotatable bonds is 6. The number of ether oxygens (including phenoxy) is 2. The number of nitrogens with zero attached hydrogens (tertiary/aromatic N) is 2. The first-order chi connectivity index (χ1) is 10.1. The number of carbonyl (C=O) groups is 1. The van der Waals surface area contributed by atoms with Gasteiger partial charge in [0.05, 0.1) is 25.3 Å². The van der Waals surface area contributed by atoms with Crippen LogP contribution in [0.4, 0.5) is 0 Å². The van der Waals surface area contributed by atoms with Crippen LogP contribution in [0.5, 0.6) is 11.5 Å². The van der Waals surface area contributed by atoms with E-state index in [9.17, 15) is 4.79 Å². The lowest BCUT2D eigenvalue weighted by molar-refractivity contribution is -0.121. The number of amides is 1. The molecule has 21 heavy (non-hydrogen) atoms. The molecular formula is C14H18ClN3O3. The Morgan fingerprint density at radius 2 is 2.00 bits per heavy atom. The Morgan fingerprint density at radius 1 is 1.33 bits per heavy atom. The number of benzene rings is 1. The fourth-order valence-corrected chi connectivity index (χ4v) is 2.35. The molecule has 0 bridgehead atoms. The summed E-state index contributed by atoms with van der Waals surface area (Å²) in [5.41, 5.74) is 1.56. The molecule has 0 unspecified atom stereocenters. The van der Waals surface area contributed by atoms with Crippen LogP contribution in [0.1, 0.15) is 5.82 Å².